The number of aldehydes is 1. The van der Waals surface area contributed by atoms with Crippen molar-refractivity contribution in [3.63, 3.8) is 0 Å². The van der Waals surface area contributed by atoms with Gasteiger partial charge >= 0.3 is 5.97 Å². The number of carboxylic acid groups (broad SMARTS) is 1. The van der Waals surface area contributed by atoms with E-state index in [0.717, 1.165) is 5.69 Å². The number of nitrogens with one attached hydrogen (secondary N) is 2. The Kier molecular flexibility index (Phi) is 7.63. The summed E-state index contributed by atoms with van der Waals surface area (Å²) in [5, 5.41) is 15.4. The van der Waals surface area contributed by atoms with Gasteiger partial charge in [0, 0.05) is 29.5 Å². The van der Waals surface area contributed by atoms with Crippen molar-refractivity contribution < 1.29 is 29.0 Å². The average Bonchev–Trinajstić information content (AvgIpc) is 2.93. The Morgan fingerprint density at radius 1 is 0.737 bits per heavy atom. The van der Waals surface area contributed by atoms with Gasteiger partial charge in [-0.25, -0.2) is 4.79 Å². The molecule has 0 atom stereocenters. The van der Waals surface area contributed by atoms with E-state index in [1.165, 1.54) is 25.1 Å². The lowest BCUT2D eigenvalue weighted by atomic mass is 9.95. The summed E-state index contributed by atoms with van der Waals surface area (Å²) in [5.41, 5.74) is 2.76. The van der Waals surface area contributed by atoms with Crippen LogP contribution < -0.4 is 15.4 Å². The molecule has 0 bridgehead atoms. The molecule has 8 nitrogen and oxygen atoms in total. The molecule has 1 amide bonds. The molecule has 0 unspecified atom stereocenters. The van der Waals surface area contributed by atoms with Crippen LogP contribution in [0.2, 0.25) is 0 Å². The molecule has 3 N–H and O–H groups in total. The van der Waals surface area contributed by atoms with Crippen molar-refractivity contribution in [3.8, 4) is 22.6 Å². The van der Waals surface area contributed by atoms with Crippen LogP contribution in [0.25, 0.3) is 11.1 Å². The number of benzene rings is 4. The number of anilines is 2. The summed E-state index contributed by atoms with van der Waals surface area (Å²) in [6, 6.07) is 23.1. The Morgan fingerprint density at radius 3 is 1.82 bits per heavy atom. The number of carbonyl (C=O) groups is 4. The summed E-state index contributed by atoms with van der Waals surface area (Å²) in [6.07, 6.45) is 0.600. The highest BCUT2D eigenvalue weighted by molar-refractivity contribution is 6.11. The lowest BCUT2D eigenvalue weighted by Crippen LogP contribution is -2.16. The first-order valence-electron chi connectivity index (χ1n) is 11.6. The van der Waals surface area contributed by atoms with Crippen LogP contribution in [-0.2, 0) is 0 Å². The lowest BCUT2D eigenvalue weighted by molar-refractivity contribution is 0.0692. The zero-order valence-corrected chi connectivity index (χ0v) is 20.6. The van der Waals surface area contributed by atoms with Crippen molar-refractivity contribution in [3.05, 3.63) is 107 Å². The number of ether oxygens (including phenoxy) is 1. The van der Waals surface area contributed by atoms with Crippen LogP contribution in [0.15, 0.2) is 84.9 Å². The van der Waals surface area contributed by atoms with Crippen LogP contribution in [0.5, 0.6) is 11.5 Å². The third kappa shape index (κ3) is 5.76. The molecule has 0 aliphatic rings. The van der Waals surface area contributed by atoms with Gasteiger partial charge < -0.3 is 20.5 Å². The van der Waals surface area contributed by atoms with Gasteiger partial charge in [-0.05, 0) is 84.8 Å². The van der Waals surface area contributed by atoms with E-state index in [4.69, 9.17) is 4.74 Å². The third-order valence-electron chi connectivity index (χ3n) is 5.88. The molecule has 0 aromatic heterocycles. The van der Waals surface area contributed by atoms with Crippen molar-refractivity contribution in [1.29, 1.82) is 0 Å². The standard InChI is InChI=1S/C30H24N2O6/c1-18(34)27-15-19(3-4-21(27)17-33)20-5-14-26(30(36)37)28(16-20)29(35)32-23-8-12-25(13-9-23)38-24-10-6-22(31-2)7-11-24/h3-17,31H,1-2H3,(H,32,35)(H,36,37). The maximum Gasteiger partial charge on any atom is 0.336 e. The number of Topliss-reactive ketones (excluding diaryl/α,β-unsaturated/α-hetero) is 1. The van der Waals surface area contributed by atoms with E-state index in [9.17, 15) is 24.3 Å². The SMILES string of the molecule is CNc1ccc(Oc2ccc(NC(=O)c3cc(-c4ccc(C=O)c(C(C)=O)c4)ccc3C(=O)O)cc2)cc1. The Morgan fingerprint density at radius 2 is 1.29 bits per heavy atom. The molecule has 0 spiro atoms. The monoisotopic (exact) mass is 508 g/mol. The summed E-state index contributed by atoms with van der Waals surface area (Å²) < 4.78 is 5.82. The summed E-state index contributed by atoms with van der Waals surface area (Å²) in [4.78, 5) is 48.2. The van der Waals surface area contributed by atoms with E-state index in [1.54, 1.807) is 42.5 Å². The Labute approximate surface area is 218 Å². The first kappa shape index (κ1) is 25.8. The molecule has 190 valence electrons. The van der Waals surface area contributed by atoms with Crippen molar-refractivity contribution in [1.82, 2.24) is 0 Å². The molecule has 0 saturated heterocycles. The minimum Gasteiger partial charge on any atom is -0.478 e. The fourth-order valence-electron chi connectivity index (χ4n) is 3.87. The summed E-state index contributed by atoms with van der Waals surface area (Å²) in [7, 11) is 1.83. The number of carbonyl (C=O) groups excluding carboxylic acids is 3. The van der Waals surface area contributed by atoms with E-state index in [1.807, 2.05) is 31.3 Å². The number of rotatable bonds is 9. The van der Waals surface area contributed by atoms with E-state index < -0.39 is 11.9 Å². The highest BCUT2D eigenvalue weighted by atomic mass is 16.5. The number of carboxylic acids is 1. The van der Waals surface area contributed by atoms with Gasteiger partial charge in [0.15, 0.2) is 12.1 Å². The maximum absolute atomic E-state index is 13.1. The second-order valence-electron chi connectivity index (χ2n) is 8.40. The van der Waals surface area contributed by atoms with Crippen molar-refractivity contribution >= 4 is 35.3 Å². The van der Waals surface area contributed by atoms with Crippen molar-refractivity contribution in [2.24, 2.45) is 0 Å². The Balaban J connectivity index is 1.57. The quantitative estimate of drug-likeness (QED) is 0.183. The molecule has 0 fully saturated rings. The van der Waals surface area contributed by atoms with Gasteiger partial charge in [0.25, 0.3) is 5.91 Å². The molecule has 38 heavy (non-hydrogen) atoms. The van der Waals surface area contributed by atoms with Gasteiger partial charge in [-0.2, -0.15) is 0 Å². The van der Waals surface area contributed by atoms with Crippen LogP contribution >= 0.6 is 0 Å². The van der Waals surface area contributed by atoms with E-state index in [0.29, 0.717) is 34.6 Å². The molecular weight excluding hydrogens is 484 g/mol. The minimum atomic E-state index is -1.25. The summed E-state index contributed by atoms with van der Waals surface area (Å²) in [6.45, 7) is 1.36. The van der Waals surface area contributed by atoms with Gasteiger partial charge in [0.1, 0.15) is 11.5 Å². The van der Waals surface area contributed by atoms with Crippen LogP contribution in [0, 0.1) is 0 Å². The molecular formula is C30H24N2O6. The van der Waals surface area contributed by atoms with Crippen LogP contribution in [-0.4, -0.2) is 36.1 Å². The number of aromatic carboxylic acids is 1. The predicted molar refractivity (Wildman–Crippen MR) is 145 cm³/mol. The second kappa shape index (κ2) is 11.2. The number of hydrogen-bond donors (Lipinski definition) is 3. The molecule has 0 aliphatic carbocycles. The summed E-state index contributed by atoms with van der Waals surface area (Å²) in [5.74, 6) is -0.935. The number of hydrogen-bond acceptors (Lipinski definition) is 6. The average molecular weight is 509 g/mol. The highest BCUT2D eigenvalue weighted by Crippen LogP contribution is 2.27. The molecule has 0 heterocycles. The molecule has 0 saturated carbocycles. The van der Waals surface area contributed by atoms with Gasteiger partial charge in [-0.15, -0.1) is 0 Å². The summed E-state index contributed by atoms with van der Waals surface area (Å²) >= 11 is 0. The lowest BCUT2D eigenvalue weighted by Gasteiger charge is -2.12. The fraction of sp³-hybridized carbons (Fsp3) is 0.0667. The molecule has 8 heteroatoms. The first-order chi connectivity index (χ1) is 18.3. The topological polar surface area (TPSA) is 122 Å². The van der Waals surface area contributed by atoms with Gasteiger partial charge in [0.2, 0.25) is 0 Å². The Bertz CT molecular complexity index is 1530. The van der Waals surface area contributed by atoms with Gasteiger partial charge in [0.05, 0.1) is 11.1 Å². The third-order valence-corrected chi connectivity index (χ3v) is 5.88. The molecule has 0 radical (unpaired) electrons. The Hall–Kier alpha value is -5.24. The van der Waals surface area contributed by atoms with Crippen molar-refractivity contribution in [2.75, 3.05) is 17.7 Å². The fourth-order valence-corrected chi connectivity index (χ4v) is 3.87. The van der Waals surface area contributed by atoms with E-state index in [-0.39, 0.29) is 28.0 Å². The largest absolute Gasteiger partial charge is 0.478 e. The number of amides is 1. The maximum atomic E-state index is 13.1. The second-order valence-corrected chi connectivity index (χ2v) is 8.40. The zero-order chi connectivity index (χ0) is 27.2. The highest BCUT2D eigenvalue weighted by Gasteiger charge is 2.19. The number of ketones is 1. The smallest absolute Gasteiger partial charge is 0.336 e. The predicted octanol–water partition coefficient (Wildman–Crippen LogP) is 6.15. The van der Waals surface area contributed by atoms with Crippen molar-refractivity contribution in [2.45, 2.75) is 6.92 Å². The molecule has 4 aromatic carbocycles. The minimum absolute atomic E-state index is 0.0520. The molecule has 0 aliphatic heterocycles. The van der Waals surface area contributed by atoms with Crippen LogP contribution in [0.4, 0.5) is 11.4 Å². The normalized spacial score (nSPS) is 10.4. The van der Waals surface area contributed by atoms with E-state index in [2.05, 4.69) is 10.6 Å². The zero-order valence-electron chi connectivity index (χ0n) is 20.6. The van der Waals surface area contributed by atoms with Crippen LogP contribution in [0.3, 0.4) is 0 Å². The first-order valence-corrected chi connectivity index (χ1v) is 11.6. The van der Waals surface area contributed by atoms with Crippen LogP contribution in [0.1, 0.15) is 48.4 Å². The van der Waals surface area contributed by atoms with E-state index >= 15 is 0 Å². The van der Waals surface area contributed by atoms with Gasteiger partial charge in [-0.1, -0.05) is 18.2 Å². The van der Waals surface area contributed by atoms with Gasteiger partial charge in [-0.3, -0.25) is 14.4 Å². The molecule has 4 aromatic rings. The molecule has 4 rings (SSSR count).